The van der Waals surface area contributed by atoms with E-state index < -0.39 is 0 Å². The van der Waals surface area contributed by atoms with Crippen LogP contribution in [0.15, 0.2) is 18.2 Å². The molecule has 0 aromatic heterocycles. The van der Waals surface area contributed by atoms with Gasteiger partial charge in [0.05, 0.1) is 7.11 Å². The number of hydrogen-bond donors (Lipinski definition) is 3. The van der Waals surface area contributed by atoms with E-state index in [0.29, 0.717) is 36.2 Å². The zero-order valence-electron chi connectivity index (χ0n) is 13.5. The van der Waals surface area contributed by atoms with E-state index in [2.05, 4.69) is 16.0 Å². The maximum absolute atomic E-state index is 11.7. The minimum Gasteiger partial charge on any atom is -0.493 e. The van der Waals surface area contributed by atoms with E-state index in [4.69, 9.17) is 9.47 Å². The van der Waals surface area contributed by atoms with Gasteiger partial charge in [0.1, 0.15) is 0 Å². The second-order valence-corrected chi connectivity index (χ2v) is 5.40. The lowest BCUT2D eigenvalue weighted by atomic mass is 10.2. The summed E-state index contributed by atoms with van der Waals surface area (Å²) in [6.45, 7) is 0.525. The minimum atomic E-state index is -0.155. The molecule has 0 spiro atoms. The summed E-state index contributed by atoms with van der Waals surface area (Å²) in [6, 6.07) is 5.38. The van der Waals surface area contributed by atoms with Crippen molar-refractivity contribution in [2.45, 2.75) is 25.3 Å². The van der Waals surface area contributed by atoms with E-state index in [1.165, 1.54) is 7.11 Å². The van der Waals surface area contributed by atoms with Gasteiger partial charge < -0.3 is 25.4 Å². The molecule has 2 amide bonds. The molecular weight excluding hydrogens is 298 g/mol. The highest BCUT2D eigenvalue weighted by Gasteiger charge is 2.23. The fourth-order valence-corrected chi connectivity index (χ4v) is 1.97. The highest BCUT2D eigenvalue weighted by molar-refractivity contribution is 5.91. The van der Waals surface area contributed by atoms with Crippen LogP contribution in [0.1, 0.15) is 19.3 Å². The van der Waals surface area contributed by atoms with E-state index in [1.54, 1.807) is 25.2 Å². The lowest BCUT2D eigenvalue weighted by Crippen LogP contribution is -2.30. The quantitative estimate of drug-likeness (QED) is 0.629. The zero-order chi connectivity index (χ0) is 16.7. The summed E-state index contributed by atoms with van der Waals surface area (Å²) in [4.78, 5) is 23.4. The molecule has 3 N–H and O–H groups in total. The Balaban J connectivity index is 1.94. The van der Waals surface area contributed by atoms with Gasteiger partial charge in [-0.2, -0.15) is 0 Å². The second kappa shape index (κ2) is 8.38. The molecule has 1 saturated carbocycles. The van der Waals surface area contributed by atoms with Crippen molar-refractivity contribution < 1.29 is 19.1 Å². The van der Waals surface area contributed by atoms with Crippen LogP contribution in [0.4, 0.5) is 5.69 Å². The highest BCUT2D eigenvalue weighted by Crippen LogP contribution is 2.30. The van der Waals surface area contributed by atoms with Gasteiger partial charge in [-0.05, 0) is 32.0 Å². The SMILES string of the molecule is CNCCC(=O)Nc1ccc(OC)c(OCC(=O)NC2CC2)c1. The van der Waals surface area contributed by atoms with Crippen LogP contribution < -0.4 is 25.4 Å². The molecule has 7 heteroatoms. The Morgan fingerprint density at radius 3 is 2.65 bits per heavy atom. The van der Waals surface area contributed by atoms with Crippen molar-refractivity contribution in [2.75, 3.05) is 32.6 Å². The van der Waals surface area contributed by atoms with E-state index in [0.717, 1.165) is 12.8 Å². The Morgan fingerprint density at radius 1 is 1.22 bits per heavy atom. The highest BCUT2D eigenvalue weighted by atomic mass is 16.5. The average molecular weight is 321 g/mol. The van der Waals surface area contributed by atoms with Gasteiger partial charge >= 0.3 is 0 Å². The molecule has 1 aliphatic carbocycles. The fourth-order valence-electron chi connectivity index (χ4n) is 1.97. The summed E-state index contributed by atoms with van der Waals surface area (Å²) in [7, 11) is 3.32. The van der Waals surface area contributed by atoms with Crippen LogP contribution in [-0.2, 0) is 9.59 Å². The van der Waals surface area contributed by atoms with Crippen LogP contribution >= 0.6 is 0 Å². The Kier molecular flexibility index (Phi) is 6.22. The number of hydrogen-bond acceptors (Lipinski definition) is 5. The first-order valence-corrected chi connectivity index (χ1v) is 7.67. The Morgan fingerprint density at radius 2 is 2.00 bits per heavy atom. The maximum Gasteiger partial charge on any atom is 0.258 e. The molecule has 1 aromatic rings. The molecule has 23 heavy (non-hydrogen) atoms. The first-order valence-electron chi connectivity index (χ1n) is 7.67. The number of rotatable bonds is 9. The normalized spacial score (nSPS) is 13.3. The monoisotopic (exact) mass is 321 g/mol. The molecule has 1 aliphatic rings. The van der Waals surface area contributed by atoms with Crippen LogP contribution in [-0.4, -0.2) is 45.2 Å². The van der Waals surface area contributed by atoms with Crippen molar-refractivity contribution in [2.24, 2.45) is 0 Å². The predicted octanol–water partition coefficient (Wildman–Crippen LogP) is 0.901. The van der Waals surface area contributed by atoms with Gasteiger partial charge in [-0.3, -0.25) is 9.59 Å². The fraction of sp³-hybridized carbons (Fsp3) is 0.500. The molecule has 1 aromatic carbocycles. The van der Waals surface area contributed by atoms with Crippen LogP contribution in [0.25, 0.3) is 0 Å². The number of carbonyl (C=O) groups is 2. The Bertz CT molecular complexity index is 558. The molecule has 0 unspecified atom stereocenters. The van der Waals surface area contributed by atoms with Crippen molar-refractivity contribution in [3.8, 4) is 11.5 Å². The number of methoxy groups -OCH3 is 1. The number of carbonyl (C=O) groups excluding carboxylic acids is 2. The van der Waals surface area contributed by atoms with Gasteiger partial charge in [-0.25, -0.2) is 0 Å². The minimum absolute atomic E-state index is 0.0794. The smallest absolute Gasteiger partial charge is 0.258 e. The molecule has 7 nitrogen and oxygen atoms in total. The van der Waals surface area contributed by atoms with E-state index in [1.807, 2.05) is 0 Å². The van der Waals surface area contributed by atoms with Crippen LogP contribution in [0, 0.1) is 0 Å². The van der Waals surface area contributed by atoms with Crippen molar-refractivity contribution in [1.82, 2.24) is 10.6 Å². The number of benzene rings is 1. The number of anilines is 1. The Labute approximate surface area is 135 Å². The number of amides is 2. The number of ether oxygens (including phenoxy) is 2. The molecule has 0 saturated heterocycles. The predicted molar refractivity (Wildman–Crippen MR) is 86.8 cm³/mol. The van der Waals surface area contributed by atoms with E-state index >= 15 is 0 Å². The van der Waals surface area contributed by atoms with Crippen molar-refractivity contribution in [3.63, 3.8) is 0 Å². The lowest BCUT2D eigenvalue weighted by Gasteiger charge is -2.13. The van der Waals surface area contributed by atoms with Gasteiger partial charge in [0.15, 0.2) is 18.1 Å². The zero-order valence-corrected chi connectivity index (χ0v) is 13.5. The third kappa shape index (κ3) is 5.78. The average Bonchev–Trinajstić information content (AvgIpc) is 3.35. The van der Waals surface area contributed by atoms with Crippen molar-refractivity contribution >= 4 is 17.5 Å². The van der Waals surface area contributed by atoms with Crippen LogP contribution in [0.5, 0.6) is 11.5 Å². The van der Waals surface area contributed by atoms with Gasteiger partial charge in [0.2, 0.25) is 5.91 Å². The summed E-state index contributed by atoms with van der Waals surface area (Å²) in [6.07, 6.45) is 2.44. The third-order valence-corrected chi connectivity index (χ3v) is 3.35. The molecule has 0 bridgehead atoms. The number of nitrogens with one attached hydrogen (secondary N) is 3. The van der Waals surface area contributed by atoms with Gasteiger partial charge in [-0.1, -0.05) is 0 Å². The first kappa shape index (κ1) is 17.1. The van der Waals surface area contributed by atoms with E-state index in [9.17, 15) is 9.59 Å². The van der Waals surface area contributed by atoms with E-state index in [-0.39, 0.29) is 18.4 Å². The molecule has 126 valence electrons. The molecular formula is C16H23N3O4. The van der Waals surface area contributed by atoms with Crippen molar-refractivity contribution in [1.29, 1.82) is 0 Å². The van der Waals surface area contributed by atoms with Gasteiger partial charge in [0, 0.05) is 30.8 Å². The standard InChI is InChI=1S/C16H23N3O4/c1-17-8-7-15(20)19-12-5-6-13(22-2)14(9-12)23-10-16(21)18-11-3-4-11/h5-6,9,11,17H,3-4,7-8,10H2,1-2H3,(H,18,21)(H,19,20). The Hall–Kier alpha value is -2.28. The third-order valence-electron chi connectivity index (χ3n) is 3.35. The first-order chi connectivity index (χ1) is 11.1. The summed E-state index contributed by atoms with van der Waals surface area (Å²) >= 11 is 0. The maximum atomic E-state index is 11.7. The summed E-state index contributed by atoms with van der Waals surface area (Å²) in [5.74, 6) is 0.683. The molecule has 2 rings (SSSR count). The molecule has 0 radical (unpaired) electrons. The van der Waals surface area contributed by atoms with Gasteiger partial charge in [0.25, 0.3) is 5.91 Å². The summed E-state index contributed by atoms with van der Waals surface area (Å²) in [5, 5.41) is 8.55. The molecule has 0 aliphatic heterocycles. The van der Waals surface area contributed by atoms with Gasteiger partial charge in [-0.15, -0.1) is 0 Å². The topological polar surface area (TPSA) is 88.7 Å². The summed E-state index contributed by atoms with van der Waals surface area (Å²) in [5.41, 5.74) is 0.601. The largest absolute Gasteiger partial charge is 0.493 e. The van der Waals surface area contributed by atoms with Crippen molar-refractivity contribution in [3.05, 3.63) is 18.2 Å². The molecule has 0 atom stereocenters. The second-order valence-electron chi connectivity index (χ2n) is 5.40. The molecule has 1 fully saturated rings. The summed E-state index contributed by atoms with van der Waals surface area (Å²) < 4.78 is 10.7. The lowest BCUT2D eigenvalue weighted by molar-refractivity contribution is -0.123. The van der Waals surface area contributed by atoms with Crippen LogP contribution in [0.2, 0.25) is 0 Å². The molecule has 0 heterocycles. The van der Waals surface area contributed by atoms with Crippen LogP contribution in [0.3, 0.4) is 0 Å².